The Morgan fingerprint density at radius 2 is 0.660 bits per heavy atom. The first kappa shape index (κ1) is 93.3. The minimum absolute atomic E-state index is 0.00520. The van der Waals surface area contributed by atoms with Gasteiger partial charge in [-0.2, -0.15) is 0 Å². The fourth-order valence-corrected chi connectivity index (χ4v) is 6.93. The molecule has 0 spiro atoms. The third-order valence-corrected chi connectivity index (χ3v) is 16.2. The van der Waals surface area contributed by atoms with E-state index < -0.39 is 81.2 Å². The summed E-state index contributed by atoms with van der Waals surface area (Å²) in [5.74, 6) is -3.44. The van der Waals surface area contributed by atoms with E-state index in [1.165, 1.54) is 84.9 Å². The minimum Gasteiger partial charge on any atom is -0.508 e. The molecule has 106 heavy (non-hydrogen) atoms. The fourth-order valence-electron chi connectivity index (χ4n) is 6.93. The number of aliphatic hydroxyl groups is 2. The van der Waals surface area contributed by atoms with Gasteiger partial charge in [-0.3, -0.25) is 24.0 Å². The summed E-state index contributed by atoms with van der Waals surface area (Å²) in [6.07, 6.45) is 1.10. The number of aromatic hydroxyl groups is 5. The molecule has 2 atom stereocenters. The Bertz CT molecular complexity index is 3560. The van der Waals surface area contributed by atoms with E-state index >= 15 is 0 Å². The molecule has 0 saturated heterocycles. The van der Waals surface area contributed by atoms with Crippen LogP contribution in [0.5, 0.6) is 28.7 Å². The average molecular weight is 1490 g/mol. The molecule has 0 fully saturated rings. The minimum atomic E-state index is -1.12. The number of phenols is 5. The molecule has 0 aromatic heterocycles. The van der Waals surface area contributed by atoms with Gasteiger partial charge in [-0.15, -0.1) is 0 Å². The van der Waals surface area contributed by atoms with Gasteiger partial charge in [-0.1, -0.05) is 52.8 Å². The lowest BCUT2D eigenvalue weighted by atomic mass is 9.91. The van der Waals surface area contributed by atoms with E-state index in [4.69, 9.17) is 53.2 Å². The molecule has 5 aromatic rings. The Kier molecular flexibility index (Phi) is 41.3. The number of phenolic OH excluding ortho intramolecular Hbond substituents is 5. The highest BCUT2D eigenvalue weighted by molar-refractivity contribution is 5.93. The van der Waals surface area contributed by atoms with Gasteiger partial charge in [0.15, 0.2) is 0 Å². The predicted molar refractivity (Wildman–Crippen MR) is 393 cm³/mol. The van der Waals surface area contributed by atoms with E-state index in [0.717, 1.165) is 0 Å². The molecule has 0 saturated carbocycles. The van der Waals surface area contributed by atoms with Crippen molar-refractivity contribution in [3.05, 3.63) is 138 Å². The van der Waals surface area contributed by atoms with Crippen LogP contribution in [-0.4, -0.2) is 174 Å². The Morgan fingerprint density at radius 3 is 1.04 bits per heavy atom. The molecule has 29 heteroatoms. The van der Waals surface area contributed by atoms with E-state index in [1.54, 1.807) is 77.9 Å². The number of para-hydroxylation sites is 1. The van der Waals surface area contributed by atoms with Crippen LogP contribution in [0, 0.1) is 27.1 Å². The summed E-state index contributed by atoms with van der Waals surface area (Å²) < 4.78 is 40.0. The van der Waals surface area contributed by atoms with E-state index in [9.17, 15) is 68.4 Å². The first-order valence-electron chi connectivity index (χ1n) is 34.4. The third kappa shape index (κ3) is 37.2. The molecule has 0 radical (unpaired) electrons. The molecule has 5 aromatic carbocycles. The fraction of sp³-hybridized carbons (Fsp3) is 0.481. The van der Waals surface area contributed by atoms with Crippen molar-refractivity contribution in [1.82, 2.24) is 10.6 Å². The number of carbonyl (C=O) groups is 10. The van der Waals surface area contributed by atoms with Crippen molar-refractivity contribution in [3.8, 4) is 28.7 Å². The summed E-state index contributed by atoms with van der Waals surface area (Å²) in [4.78, 5) is 117. The van der Waals surface area contributed by atoms with Crippen LogP contribution in [0.2, 0.25) is 0 Å². The van der Waals surface area contributed by atoms with Gasteiger partial charge in [0.25, 0.3) is 0 Å². The number of rotatable bonds is 32. The number of urea groups is 2. The van der Waals surface area contributed by atoms with Gasteiger partial charge >= 0.3 is 59.8 Å². The first-order valence-corrected chi connectivity index (χ1v) is 34.4. The second kappa shape index (κ2) is 46.9. The first-order chi connectivity index (χ1) is 49.6. The van der Waals surface area contributed by atoms with Crippen molar-refractivity contribution in [3.63, 3.8) is 0 Å². The molecular formula is C77H108N4O25. The van der Waals surface area contributed by atoms with Gasteiger partial charge in [-0.25, -0.2) is 24.0 Å². The summed E-state index contributed by atoms with van der Waals surface area (Å²) in [6, 6.07) is 28.7. The molecule has 0 aliphatic rings. The summed E-state index contributed by atoms with van der Waals surface area (Å²) in [6.45, 7) is 27.0. The van der Waals surface area contributed by atoms with Crippen LogP contribution in [-0.2, 0) is 61.9 Å². The lowest BCUT2D eigenvalue weighted by molar-refractivity contribution is -0.158. The number of nitrogens with one attached hydrogen (secondary N) is 4. The Hall–Kier alpha value is -10.7. The van der Waals surface area contributed by atoms with Gasteiger partial charge in [0.05, 0.1) is 51.3 Å². The van der Waals surface area contributed by atoms with Crippen molar-refractivity contribution in [2.45, 2.75) is 148 Å². The van der Waals surface area contributed by atoms with Crippen LogP contribution >= 0.6 is 0 Å². The zero-order chi connectivity index (χ0) is 80.4. The smallest absolute Gasteiger partial charge is 0.342 e. The van der Waals surface area contributed by atoms with Crippen LogP contribution in [0.25, 0.3) is 0 Å². The highest BCUT2D eigenvalue weighted by Crippen LogP contribution is 2.26. The van der Waals surface area contributed by atoms with Crippen molar-refractivity contribution in [1.29, 1.82) is 0 Å². The van der Waals surface area contributed by atoms with Crippen LogP contribution < -0.4 is 21.3 Å². The molecule has 4 amide bonds. The number of amides is 4. The zero-order valence-electron chi connectivity index (χ0n) is 63.3. The average Bonchev–Trinajstić information content (AvgIpc) is 0.881. The van der Waals surface area contributed by atoms with Gasteiger partial charge < -0.3 is 94.9 Å². The van der Waals surface area contributed by atoms with Gasteiger partial charge in [0.2, 0.25) is 0 Å². The number of carbonyl (C=O) groups excluding carboxylic acids is 10. The SMILES string of the molecule is CCC(C)(C)C(=O)OCC(O)COC(=O)c1ccc(O)cc1.CCC(C)(C)C(=O)OCC(O)COC(=O)c1ccccc1O.CCC(C)(C)C(=O)OCCNC(=O)Nc1ccc(O)cc1.CCC(C)(C)C(=O)OCCNC(=O)Nc1cccc(O)c1.CCC(C)(C)C(=O)OCCOC(=O)c1ccc(O)cc1. The number of benzene rings is 5. The monoisotopic (exact) mass is 1490 g/mol. The molecule has 5 rings (SSSR count). The Morgan fingerprint density at radius 1 is 0.340 bits per heavy atom. The summed E-state index contributed by atoms with van der Waals surface area (Å²) in [5.41, 5.74) is -1.12. The number of ether oxygens (including phenoxy) is 8. The van der Waals surface area contributed by atoms with Gasteiger partial charge in [0.1, 0.15) is 99.4 Å². The largest absolute Gasteiger partial charge is 0.508 e. The number of hydrogen-bond acceptors (Lipinski definition) is 25. The molecule has 0 heterocycles. The van der Waals surface area contributed by atoms with Crippen molar-refractivity contribution < 1.29 is 122 Å². The highest BCUT2D eigenvalue weighted by Gasteiger charge is 2.31. The van der Waals surface area contributed by atoms with Crippen LogP contribution in [0.4, 0.5) is 21.0 Å². The molecule has 586 valence electrons. The molecule has 0 bridgehead atoms. The molecule has 29 nitrogen and oxygen atoms in total. The normalized spacial score (nSPS) is 11.6. The van der Waals surface area contributed by atoms with E-state index in [1.807, 2.05) is 62.3 Å². The van der Waals surface area contributed by atoms with E-state index in [-0.39, 0.29) is 124 Å². The third-order valence-electron chi connectivity index (χ3n) is 16.2. The maximum Gasteiger partial charge on any atom is 0.342 e. The molecule has 11 N–H and O–H groups in total. The topological polar surface area (TPSA) is 434 Å². The van der Waals surface area contributed by atoms with Crippen LogP contribution in [0.3, 0.4) is 0 Å². The number of esters is 8. The molecule has 2 unspecified atom stereocenters. The summed E-state index contributed by atoms with van der Waals surface area (Å²) >= 11 is 0. The predicted octanol–water partition coefficient (Wildman–Crippen LogP) is 11.3. The van der Waals surface area contributed by atoms with E-state index in [2.05, 4.69) is 21.3 Å². The van der Waals surface area contributed by atoms with Crippen molar-refractivity contribution in [2.75, 3.05) is 76.6 Å². The number of anilines is 2. The molecule has 0 aliphatic carbocycles. The Labute approximate surface area is 619 Å². The molecule has 0 aliphatic heterocycles. The number of aliphatic hydroxyl groups excluding tert-OH is 2. The highest BCUT2D eigenvalue weighted by atomic mass is 16.6. The zero-order valence-corrected chi connectivity index (χ0v) is 63.3. The van der Waals surface area contributed by atoms with Crippen LogP contribution in [0.15, 0.2) is 121 Å². The Balaban J connectivity index is 0.000000663. The standard InChI is InChI=1S/2C16H22O6.2C15H22N2O4.C15H20O5/c1-4-16(2,3)15(20)22-10-13(18)9-21-14(19)11-5-7-12(17)8-6-11;1-4-16(2,3)15(20)22-10-11(17)9-21-14(19)12-7-5-6-8-13(12)18;1-4-15(2,3)13(19)21-10-9-16-14(20)17-11-5-7-12(18)8-6-11;1-4-15(2,3)13(19)21-9-8-16-14(20)17-11-6-5-7-12(18)10-11;1-4-15(2,3)14(18)20-10-9-19-13(17)11-5-7-12(16)8-6-11/h5-8,13,17-18H,4,9-10H2,1-3H3;5-8,11,17-18H,4,9-10H2,1-3H3;5-8,18H,4,9-10H2,1-3H3,(H2,16,17,20);5-7,10,18H,4,8-9H2,1-3H3,(H2,16,17,20);5-8,16H,4,9-10H2,1-3H3. The number of hydrogen-bond donors (Lipinski definition) is 11. The second-order valence-corrected chi connectivity index (χ2v) is 26.9. The lowest BCUT2D eigenvalue weighted by Crippen LogP contribution is -2.34. The quantitative estimate of drug-likeness (QED) is 0.00824. The second-order valence-electron chi connectivity index (χ2n) is 26.9. The maximum atomic E-state index is 11.7. The summed E-state index contributed by atoms with van der Waals surface area (Å²) in [5, 5.41) is 75.8. The summed E-state index contributed by atoms with van der Waals surface area (Å²) in [7, 11) is 0. The van der Waals surface area contributed by atoms with Crippen molar-refractivity contribution in [2.24, 2.45) is 27.1 Å². The molecular weight excluding hydrogens is 1380 g/mol. The maximum absolute atomic E-state index is 11.7. The lowest BCUT2D eigenvalue weighted by Gasteiger charge is -2.21. The van der Waals surface area contributed by atoms with Gasteiger partial charge in [0, 0.05) is 17.4 Å². The van der Waals surface area contributed by atoms with E-state index in [0.29, 0.717) is 49.0 Å². The van der Waals surface area contributed by atoms with Gasteiger partial charge in [-0.05, 0) is 198 Å². The van der Waals surface area contributed by atoms with Crippen molar-refractivity contribution >= 4 is 71.2 Å². The van der Waals surface area contributed by atoms with Crippen LogP contribution in [0.1, 0.15) is 167 Å².